The van der Waals surface area contributed by atoms with E-state index in [2.05, 4.69) is 22.6 Å². The van der Waals surface area contributed by atoms with Crippen LogP contribution < -0.4 is 5.56 Å². The van der Waals surface area contributed by atoms with Crippen molar-refractivity contribution in [2.45, 2.75) is 0 Å². The Bertz CT molecular complexity index is 533. The van der Waals surface area contributed by atoms with Crippen molar-refractivity contribution in [2.24, 2.45) is 0 Å². The van der Waals surface area contributed by atoms with Crippen LogP contribution in [0.4, 0.5) is 4.39 Å². The van der Waals surface area contributed by atoms with Gasteiger partial charge in [0.15, 0.2) is 0 Å². The zero-order valence-electron chi connectivity index (χ0n) is 7.65. The van der Waals surface area contributed by atoms with Crippen LogP contribution in [0.15, 0.2) is 47.4 Å². The van der Waals surface area contributed by atoms with Crippen LogP contribution in [0.3, 0.4) is 0 Å². The Morgan fingerprint density at radius 2 is 1.80 bits per heavy atom. The molecule has 0 aliphatic heterocycles. The summed E-state index contributed by atoms with van der Waals surface area (Å²) in [4.78, 5) is 11.6. The summed E-state index contributed by atoms with van der Waals surface area (Å²) in [5, 5.41) is 0. The van der Waals surface area contributed by atoms with Crippen LogP contribution in [0.25, 0.3) is 5.69 Å². The predicted octanol–water partition coefficient (Wildman–Crippen LogP) is 2.58. The van der Waals surface area contributed by atoms with Crippen LogP contribution in [0.1, 0.15) is 0 Å². The standard InChI is InChI=1S/C11H7FINO/c12-8-1-3-10(4-2-8)14-6-5-9(13)7-11(14)15/h1-7H. The fourth-order valence-electron chi connectivity index (χ4n) is 1.27. The molecule has 0 amide bonds. The molecule has 0 unspecified atom stereocenters. The van der Waals surface area contributed by atoms with Gasteiger partial charge in [-0.25, -0.2) is 4.39 Å². The monoisotopic (exact) mass is 315 g/mol. The topological polar surface area (TPSA) is 22.0 Å². The van der Waals surface area contributed by atoms with Gasteiger partial charge in [-0.15, -0.1) is 0 Å². The van der Waals surface area contributed by atoms with E-state index in [1.54, 1.807) is 18.3 Å². The molecule has 1 heterocycles. The molecule has 2 aromatic rings. The van der Waals surface area contributed by atoms with Gasteiger partial charge in [-0.3, -0.25) is 9.36 Å². The first-order valence-corrected chi connectivity index (χ1v) is 5.39. The van der Waals surface area contributed by atoms with Crippen molar-refractivity contribution in [1.29, 1.82) is 0 Å². The second kappa shape index (κ2) is 4.14. The van der Waals surface area contributed by atoms with E-state index in [4.69, 9.17) is 0 Å². The van der Waals surface area contributed by atoms with Gasteiger partial charge in [-0.2, -0.15) is 0 Å². The molecule has 0 saturated heterocycles. The molecule has 0 bridgehead atoms. The van der Waals surface area contributed by atoms with Gasteiger partial charge >= 0.3 is 0 Å². The molecule has 1 aromatic heterocycles. The Morgan fingerprint density at radius 3 is 2.40 bits per heavy atom. The van der Waals surface area contributed by atoms with Gasteiger partial charge < -0.3 is 0 Å². The Hall–Kier alpha value is -1.17. The summed E-state index contributed by atoms with van der Waals surface area (Å²) in [7, 11) is 0. The molecule has 1 aromatic carbocycles. The lowest BCUT2D eigenvalue weighted by Gasteiger charge is -2.04. The van der Waals surface area contributed by atoms with E-state index in [0.29, 0.717) is 5.69 Å². The fourth-order valence-corrected chi connectivity index (χ4v) is 1.70. The molecule has 0 aliphatic carbocycles. The molecule has 2 rings (SSSR count). The maximum absolute atomic E-state index is 12.7. The SMILES string of the molecule is O=c1cc(I)ccn1-c1ccc(F)cc1. The molecule has 0 spiro atoms. The van der Waals surface area contributed by atoms with Crippen molar-refractivity contribution in [3.05, 3.63) is 62.3 Å². The molecule has 0 aliphatic rings. The number of pyridine rings is 1. The van der Waals surface area contributed by atoms with Crippen molar-refractivity contribution in [3.8, 4) is 5.69 Å². The molecule has 0 saturated carbocycles. The number of rotatable bonds is 1. The Labute approximate surface area is 99.5 Å². The van der Waals surface area contributed by atoms with Crippen molar-refractivity contribution < 1.29 is 4.39 Å². The number of hydrogen-bond donors (Lipinski definition) is 0. The van der Waals surface area contributed by atoms with Crippen LogP contribution in [0, 0.1) is 9.39 Å². The normalized spacial score (nSPS) is 10.3. The van der Waals surface area contributed by atoms with E-state index in [9.17, 15) is 9.18 Å². The molecule has 0 fully saturated rings. The maximum atomic E-state index is 12.7. The van der Waals surface area contributed by atoms with E-state index >= 15 is 0 Å². The van der Waals surface area contributed by atoms with Gasteiger partial charge in [0.05, 0.1) is 0 Å². The van der Waals surface area contributed by atoms with E-state index in [-0.39, 0.29) is 11.4 Å². The molecular weight excluding hydrogens is 308 g/mol. The lowest BCUT2D eigenvalue weighted by molar-refractivity contribution is 0.627. The minimum Gasteiger partial charge on any atom is -0.284 e. The molecular formula is C11H7FINO. The first kappa shape index (κ1) is 10.4. The van der Waals surface area contributed by atoms with Gasteiger partial charge in [0.25, 0.3) is 5.56 Å². The van der Waals surface area contributed by atoms with Crippen LogP contribution in [-0.4, -0.2) is 4.57 Å². The molecule has 0 atom stereocenters. The number of halogens is 2. The molecule has 0 radical (unpaired) electrons. The van der Waals surface area contributed by atoms with Crippen molar-refractivity contribution >= 4 is 22.6 Å². The second-order valence-electron chi connectivity index (χ2n) is 3.03. The van der Waals surface area contributed by atoms with Crippen molar-refractivity contribution in [2.75, 3.05) is 0 Å². The molecule has 76 valence electrons. The third-order valence-corrected chi connectivity index (χ3v) is 2.66. The lowest BCUT2D eigenvalue weighted by Crippen LogP contribution is -2.16. The van der Waals surface area contributed by atoms with Gasteiger partial charge in [0.2, 0.25) is 0 Å². The van der Waals surface area contributed by atoms with Crippen molar-refractivity contribution in [3.63, 3.8) is 0 Å². The Morgan fingerprint density at radius 1 is 1.13 bits per heavy atom. The summed E-state index contributed by atoms with van der Waals surface area (Å²) >= 11 is 2.07. The summed E-state index contributed by atoms with van der Waals surface area (Å²) in [6.45, 7) is 0. The minimum absolute atomic E-state index is 0.117. The van der Waals surface area contributed by atoms with E-state index in [1.807, 2.05) is 6.07 Å². The summed E-state index contributed by atoms with van der Waals surface area (Å²) in [6.07, 6.45) is 1.68. The molecule has 2 nitrogen and oxygen atoms in total. The van der Waals surface area contributed by atoms with Gasteiger partial charge in [0, 0.05) is 21.5 Å². The zero-order valence-corrected chi connectivity index (χ0v) is 9.81. The Kier molecular flexibility index (Phi) is 2.86. The smallest absolute Gasteiger partial charge is 0.256 e. The van der Waals surface area contributed by atoms with Gasteiger partial charge in [-0.1, -0.05) is 0 Å². The minimum atomic E-state index is -0.308. The maximum Gasteiger partial charge on any atom is 0.256 e. The number of aromatic nitrogens is 1. The fraction of sp³-hybridized carbons (Fsp3) is 0. The highest BCUT2D eigenvalue weighted by Gasteiger charge is 1.99. The average molecular weight is 315 g/mol. The molecule has 15 heavy (non-hydrogen) atoms. The number of benzene rings is 1. The highest BCUT2D eigenvalue weighted by Crippen LogP contribution is 2.07. The van der Waals surface area contributed by atoms with Gasteiger partial charge in [0.1, 0.15) is 5.82 Å². The third kappa shape index (κ3) is 2.26. The third-order valence-electron chi connectivity index (χ3n) is 1.99. The first-order valence-electron chi connectivity index (χ1n) is 4.31. The van der Waals surface area contributed by atoms with Gasteiger partial charge in [-0.05, 0) is 52.9 Å². The van der Waals surface area contributed by atoms with Crippen LogP contribution >= 0.6 is 22.6 Å². The highest BCUT2D eigenvalue weighted by atomic mass is 127. The second-order valence-corrected chi connectivity index (χ2v) is 4.28. The van der Waals surface area contributed by atoms with E-state index < -0.39 is 0 Å². The first-order chi connectivity index (χ1) is 7.16. The average Bonchev–Trinajstić information content (AvgIpc) is 2.20. The van der Waals surface area contributed by atoms with Crippen LogP contribution in [0.5, 0.6) is 0 Å². The zero-order chi connectivity index (χ0) is 10.8. The van der Waals surface area contributed by atoms with Crippen molar-refractivity contribution in [1.82, 2.24) is 4.57 Å². The van der Waals surface area contributed by atoms with E-state index in [1.165, 1.54) is 22.8 Å². The Balaban J connectivity index is 2.55. The summed E-state index contributed by atoms with van der Waals surface area (Å²) in [6, 6.07) is 9.17. The van der Waals surface area contributed by atoms with Crippen LogP contribution in [0.2, 0.25) is 0 Å². The van der Waals surface area contributed by atoms with Crippen LogP contribution in [-0.2, 0) is 0 Å². The predicted molar refractivity (Wildman–Crippen MR) is 64.7 cm³/mol. The quantitative estimate of drug-likeness (QED) is 0.742. The molecule has 4 heteroatoms. The lowest BCUT2D eigenvalue weighted by atomic mass is 10.3. The summed E-state index contributed by atoms with van der Waals surface area (Å²) in [5.41, 5.74) is 0.548. The summed E-state index contributed by atoms with van der Waals surface area (Å²) in [5.74, 6) is -0.308. The number of nitrogens with zero attached hydrogens (tertiary/aromatic N) is 1. The van der Waals surface area contributed by atoms with E-state index in [0.717, 1.165) is 3.57 Å². The number of hydrogen-bond acceptors (Lipinski definition) is 1. The largest absolute Gasteiger partial charge is 0.284 e. The molecule has 0 N–H and O–H groups in total. The summed E-state index contributed by atoms with van der Waals surface area (Å²) < 4.78 is 15.0. The highest BCUT2D eigenvalue weighted by molar-refractivity contribution is 14.1.